The van der Waals surface area contributed by atoms with E-state index >= 15 is 4.11 Å². The van der Waals surface area contributed by atoms with Gasteiger partial charge in [-0.1, -0.05) is 78.0 Å². The molecule has 0 aliphatic carbocycles. The molecule has 1 rings (SSSR count). The van der Waals surface area contributed by atoms with E-state index in [1.165, 1.54) is 0 Å². The van der Waals surface area contributed by atoms with Crippen LogP contribution < -0.4 is 10.5 Å². The molecule has 1 aromatic carbocycles. The van der Waals surface area contributed by atoms with Crippen molar-refractivity contribution in [1.29, 1.82) is 0 Å². The molecule has 1 amide bonds. The van der Waals surface area contributed by atoms with Crippen LogP contribution in [-0.2, 0) is 9.53 Å². The Hall–Kier alpha value is -2.15. The van der Waals surface area contributed by atoms with Gasteiger partial charge in [0.15, 0.2) is 0 Å². The van der Waals surface area contributed by atoms with E-state index in [-0.39, 0.29) is 6.42 Å². The molecule has 31 heavy (non-hydrogen) atoms. The van der Waals surface area contributed by atoms with E-state index in [0.717, 1.165) is 10.8 Å². The highest BCUT2D eigenvalue weighted by Crippen LogP contribution is 2.51. The number of nitrogens with one attached hydrogen (secondary N) is 1. The van der Waals surface area contributed by atoms with Gasteiger partial charge in [0.1, 0.15) is 11.6 Å². The minimum Gasteiger partial charge on any atom is -0.480 e. The molecule has 5 nitrogen and oxygen atoms in total. The van der Waals surface area contributed by atoms with Crippen molar-refractivity contribution in [3.8, 4) is 0 Å². The molecule has 1 atom stereocenters. The van der Waals surface area contributed by atoms with Crippen LogP contribution in [0.15, 0.2) is 30.3 Å². The van der Waals surface area contributed by atoms with Crippen LogP contribution in [0.5, 0.6) is 0 Å². The van der Waals surface area contributed by atoms with Crippen LogP contribution in [0, 0.1) is 0 Å². The number of rotatable bonds is 6. The van der Waals surface area contributed by atoms with Crippen LogP contribution in [0.4, 0.5) is 8.90 Å². The molecule has 0 aliphatic rings. The number of amides is 1. The summed E-state index contributed by atoms with van der Waals surface area (Å²) in [6, 6.07) is 6.29. The van der Waals surface area contributed by atoms with Gasteiger partial charge in [-0.3, -0.25) is 0 Å². The second-order valence-corrected chi connectivity index (χ2v) is 15.8. The molecule has 174 valence electrons. The Balaban J connectivity index is 2.94. The first-order chi connectivity index (χ1) is 13.9. The van der Waals surface area contributed by atoms with E-state index in [1.807, 2.05) is 65.8 Å². The molecule has 0 radical (unpaired) electrons. The summed E-state index contributed by atoms with van der Waals surface area (Å²) < 4.78 is 21.5. The maximum atomic E-state index is 16.4. The Morgan fingerprint density at radius 1 is 1.03 bits per heavy atom. The SMILES string of the molecule is CC(C)(C)OC(=O)N[C@@H](C/C=C/c1ccc([Si](F)(C(C)(C)C)C(C)(C)C)cc1)C(=O)O. The molecule has 0 saturated carbocycles. The van der Waals surface area contributed by atoms with Crippen LogP contribution in [0.2, 0.25) is 10.1 Å². The number of carbonyl (C=O) groups excluding carboxylic acids is 1. The molecule has 2 N–H and O–H groups in total. The van der Waals surface area contributed by atoms with Crippen LogP contribution in [0.3, 0.4) is 0 Å². The third kappa shape index (κ3) is 7.20. The Morgan fingerprint density at radius 3 is 1.90 bits per heavy atom. The average molecular weight is 452 g/mol. The van der Waals surface area contributed by atoms with Gasteiger partial charge in [-0.05, 0) is 48.0 Å². The quantitative estimate of drug-likeness (QED) is 0.424. The van der Waals surface area contributed by atoms with Gasteiger partial charge in [-0.25, -0.2) is 9.59 Å². The summed E-state index contributed by atoms with van der Waals surface area (Å²) in [6.07, 6.45) is 2.78. The lowest BCUT2D eigenvalue weighted by Gasteiger charge is -2.44. The zero-order valence-corrected chi connectivity index (χ0v) is 21.3. The molecule has 0 spiro atoms. The van der Waals surface area contributed by atoms with E-state index in [1.54, 1.807) is 32.9 Å². The topological polar surface area (TPSA) is 75.6 Å². The molecule has 0 heterocycles. The first kappa shape index (κ1) is 26.9. The molecule has 0 unspecified atom stereocenters. The lowest BCUT2D eigenvalue weighted by Crippen LogP contribution is -2.57. The predicted octanol–water partition coefficient (Wildman–Crippen LogP) is 5.79. The van der Waals surface area contributed by atoms with E-state index in [9.17, 15) is 14.7 Å². The van der Waals surface area contributed by atoms with Gasteiger partial charge in [0, 0.05) is 0 Å². The highest BCUT2D eigenvalue weighted by molar-refractivity contribution is 6.90. The molecule has 0 bridgehead atoms. The number of carbonyl (C=O) groups is 2. The van der Waals surface area contributed by atoms with Gasteiger partial charge in [-0.15, -0.1) is 0 Å². The summed E-state index contributed by atoms with van der Waals surface area (Å²) in [7, 11) is -3.32. The normalized spacial score (nSPS) is 14.4. The minimum absolute atomic E-state index is 0.0993. The number of alkyl carbamates (subject to hydrolysis) is 1. The zero-order chi connectivity index (χ0) is 24.3. The largest absolute Gasteiger partial charge is 0.480 e. The molecule has 0 fully saturated rings. The number of hydrogen-bond acceptors (Lipinski definition) is 3. The summed E-state index contributed by atoms with van der Waals surface area (Å²) >= 11 is 0. The van der Waals surface area contributed by atoms with E-state index in [0.29, 0.717) is 0 Å². The Bertz CT molecular complexity index is 785. The van der Waals surface area contributed by atoms with Gasteiger partial charge < -0.3 is 19.3 Å². The Labute approximate surface area is 187 Å². The number of hydrogen-bond donors (Lipinski definition) is 2. The fourth-order valence-corrected chi connectivity index (χ4v) is 8.43. The van der Waals surface area contributed by atoms with E-state index in [4.69, 9.17) is 4.74 Å². The molecular formula is C24H38FNO4Si. The maximum Gasteiger partial charge on any atom is 0.408 e. The summed E-state index contributed by atoms with van der Waals surface area (Å²) in [5, 5.41) is 11.6. The second kappa shape index (κ2) is 9.55. The summed E-state index contributed by atoms with van der Waals surface area (Å²) in [5.41, 5.74) is 0.129. The zero-order valence-electron chi connectivity index (χ0n) is 20.3. The Morgan fingerprint density at radius 2 is 1.52 bits per heavy atom. The number of carboxylic acid groups (broad SMARTS) is 1. The molecule has 1 aromatic rings. The van der Waals surface area contributed by atoms with Crippen molar-refractivity contribution in [3.05, 3.63) is 35.9 Å². The molecule has 0 aliphatic heterocycles. The van der Waals surface area contributed by atoms with Crippen molar-refractivity contribution in [2.75, 3.05) is 0 Å². The van der Waals surface area contributed by atoms with Crippen LogP contribution >= 0.6 is 0 Å². The van der Waals surface area contributed by atoms with Gasteiger partial charge in [0.05, 0.1) is 0 Å². The predicted molar refractivity (Wildman–Crippen MR) is 127 cm³/mol. The van der Waals surface area contributed by atoms with Crippen molar-refractivity contribution < 1.29 is 23.5 Å². The molecule has 0 aromatic heterocycles. The second-order valence-electron chi connectivity index (χ2n) is 11.0. The van der Waals surface area contributed by atoms with Gasteiger partial charge in [0.25, 0.3) is 8.41 Å². The summed E-state index contributed by atoms with van der Waals surface area (Å²) in [5.74, 6) is -1.14. The van der Waals surface area contributed by atoms with Crippen molar-refractivity contribution in [2.24, 2.45) is 0 Å². The van der Waals surface area contributed by atoms with E-state index in [2.05, 4.69) is 5.32 Å². The number of benzene rings is 1. The van der Waals surface area contributed by atoms with Crippen LogP contribution in [0.25, 0.3) is 6.08 Å². The minimum atomic E-state index is -3.32. The Kier molecular flexibility index (Phi) is 8.28. The number of aliphatic carboxylic acids is 1. The highest BCUT2D eigenvalue weighted by atomic mass is 28.4. The number of halogens is 1. The number of carboxylic acids is 1. The van der Waals surface area contributed by atoms with Crippen LogP contribution in [-0.4, -0.2) is 37.2 Å². The first-order valence-corrected chi connectivity index (χ1v) is 12.4. The first-order valence-electron chi connectivity index (χ1n) is 10.6. The third-order valence-electron chi connectivity index (χ3n) is 5.05. The molecular weight excluding hydrogens is 413 g/mol. The fraction of sp³-hybridized carbons (Fsp3) is 0.583. The van der Waals surface area contributed by atoms with Crippen molar-refractivity contribution in [1.82, 2.24) is 5.32 Å². The van der Waals surface area contributed by atoms with Gasteiger partial charge in [0.2, 0.25) is 0 Å². The average Bonchev–Trinajstić information content (AvgIpc) is 2.57. The monoisotopic (exact) mass is 451 g/mol. The standard InChI is InChI=1S/C24H38FNO4Si/c1-22(2,3)30-21(29)26-19(20(27)28)12-10-11-17-13-15-18(16-14-17)31(25,23(4,5)6)24(7,8)9/h10-11,13-16,19H,12H2,1-9H3,(H,26,29)(H,27,28)/b11-10+/t19-/m0/s1. The molecule has 0 saturated heterocycles. The van der Waals surface area contributed by atoms with Crippen molar-refractivity contribution in [2.45, 2.75) is 90.5 Å². The number of ether oxygens (including phenoxy) is 1. The fourth-order valence-electron chi connectivity index (χ4n) is 3.83. The lowest BCUT2D eigenvalue weighted by molar-refractivity contribution is -0.139. The highest BCUT2D eigenvalue weighted by Gasteiger charge is 2.56. The van der Waals surface area contributed by atoms with Gasteiger partial charge in [-0.2, -0.15) is 0 Å². The summed E-state index contributed by atoms with van der Waals surface area (Å²) in [6.45, 7) is 16.9. The van der Waals surface area contributed by atoms with Gasteiger partial charge >= 0.3 is 12.1 Å². The van der Waals surface area contributed by atoms with Crippen molar-refractivity contribution in [3.63, 3.8) is 0 Å². The third-order valence-corrected chi connectivity index (χ3v) is 10.3. The maximum absolute atomic E-state index is 16.4. The lowest BCUT2D eigenvalue weighted by atomic mass is 10.1. The summed E-state index contributed by atoms with van der Waals surface area (Å²) in [4.78, 5) is 23.3. The molecule has 7 heteroatoms. The van der Waals surface area contributed by atoms with E-state index < -0.39 is 42.2 Å². The smallest absolute Gasteiger partial charge is 0.408 e. The van der Waals surface area contributed by atoms with Crippen LogP contribution in [0.1, 0.15) is 74.3 Å². The van der Waals surface area contributed by atoms with Crippen molar-refractivity contribution >= 4 is 31.7 Å².